The number of anilines is 1. The van der Waals surface area contributed by atoms with Crippen LogP contribution in [0.25, 0.3) is 10.2 Å². The van der Waals surface area contributed by atoms with Crippen molar-refractivity contribution in [2.24, 2.45) is 0 Å². The highest BCUT2D eigenvalue weighted by Crippen LogP contribution is 2.29. The molecule has 0 saturated carbocycles. The zero-order chi connectivity index (χ0) is 21.3. The monoisotopic (exact) mass is 444 g/mol. The first-order chi connectivity index (χ1) is 14.4. The average Bonchev–Trinajstić information content (AvgIpc) is 3.11. The maximum atomic E-state index is 12.9. The molecule has 3 aromatic rings. The van der Waals surface area contributed by atoms with Crippen LogP contribution < -0.4 is 10.1 Å². The summed E-state index contributed by atoms with van der Waals surface area (Å²) in [7, 11) is 2.01. The zero-order valence-electron chi connectivity index (χ0n) is 16.6. The molecule has 0 bridgehead atoms. The number of hydrogen-bond acceptors (Lipinski definition) is 6. The fourth-order valence-corrected chi connectivity index (χ4v) is 4.30. The largest absolute Gasteiger partial charge is 0.415 e. The summed E-state index contributed by atoms with van der Waals surface area (Å²) in [4.78, 5) is 33.7. The Morgan fingerprint density at radius 2 is 1.90 bits per heavy atom. The van der Waals surface area contributed by atoms with Crippen molar-refractivity contribution in [3.8, 4) is 5.75 Å². The number of halogens is 1. The fraction of sp³-hybridized carbons (Fsp3) is 0.286. The first kappa shape index (κ1) is 20.6. The van der Waals surface area contributed by atoms with Gasteiger partial charge in [-0.1, -0.05) is 29.0 Å². The molecule has 156 valence electrons. The summed E-state index contributed by atoms with van der Waals surface area (Å²) in [6.45, 7) is 4.72. The molecule has 0 aliphatic carbocycles. The lowest BCUT2D eigenvalue weighted by atomic mass is 10.2. The molecule has 1 saturated heterocycles. The van der Waals surface area contributed by atoms with Crippen LogP contribution in [-0.2, 0) is 0 Å². The number of aryl methyl sites for hydroxylation is 1. The van der Waals surface area contributed by atoms with Crippen LogP contribution in [0.5, 0.6) is 5.75 Å². The van der Waals surface area contributed by atoms with Crippen LogP contribution in [0.4, 0.5) is 9.93 Å². The number of aromatic nitrogens is 1. The second-order valence-electron chi connectivity index (χ2n) is 7.24. The van der Waals surface area contributed by atoms with Crippen molar-refractivity contribution in [3.05, 3.63) is 52.5 Å². The van der Waals surface area contributed by atoms with Gasteiger partial charge in [-0.15, -0.1) is 0 Å². The first-order valence-electron chi connectivity index (χ1n) is 9.52. The van der Waals surface area contributed by atoms with Gasteiger partial charge in [0.1, 0.15) is 5.75 Å². The van der Waals surface area contributed by atoms with Gasteiger partial charge in [-0.2, -0.15) is 0 Å². The normalized spacial score (nSPS) is 14.7. The number of likely N-dealkylation sites (N-methyl/N-ethyl adjacent to an activating group) is 1. The van der Waals surface area contributed by atoms with Crippen LogP contribution in [-0.4, -0.2) is 60.0 Å². The molecule has 7 nitrogen and oxygen atoms in total. The quantitative estimate of drug-likeness (QED) is 0.653. The minimum absolute atomic E-state index is 0.165. The molecule has 2 aromatic carbocycles. The maximum Gasteiger partial charge on any atom is 0.415 e. The molecule has 2 amide bonds. The second-order valence-corrected chi connectivity index (χ2v) is 8.71. The smallest absolute Gasteiger partial charge is 0.409 e. The van der Waals surface area contributed by atoms with E-state index in [1.807, 2.05) is 32.2 Å². The lowest BCUT2D eigenvalue weighted by Crippen LogP contribution is -2.48. The average molecular weight is 445 g/mol. The van der Waals surface area contributed by atoms with E-state index in [-0.39, 0.29) is 11.3 Å². The van der Waals surface area contributed by atoms with Gasteiger partial charge >= 0.3 is 6.09 Å². The van der Waals surface area contributed by atoms with Crippen molar-refractivity contribution in [2.75, 3.05) is 38.5 Å². The Balaban J connectivity index is 1.53. The van der Waals surface area contributed by atoms with Crippen molar-refractivity contribution >= 4 is 50.3 Å². The van der Waals surface area contributed by atoms with Gasteiger partial charge in [0.2, 0.25) is 0 Å². The fourth-order valence-electron chi connectivity index (χ4n) is 3.17. The van der Waals surface area contributed by atoms with Crippen molar-refractivity contribution in [2.45, 2.75) is 6.92 Å². The summed E-state index contributed by atoms with van der Waals surface area (Å²) in [6, 6.07) is 10.5. The highest BCUT2D eigenvalue weighted by atomic mass is 35.5. The number of rotatable bonds is 3. The van der Waals surface area contributed by atoms with Gasteiger partial charge < -0.3 is 14.5 Å². The van der Waals surface area contributed by atoms with E-state index in [1.54, 1.807) is 11.0 Å². The van der Waals surface area contributed by atoms with E-state index in [0.29, 0.717) is 23.2 Å². The number of amides is 2. The van der Waals surface area contributed by atoms with Gasteiger partial charge in [-0.3, -0.25) is 10.1 Å². The number of thiazole rings is 1. The van der Waals surface area contributed by atoms with Crippen molar-refractivity contribution < 1.29 is 14.3 Å². The van der Waals surface area contributed by atoms with E-state index < -0.39 is 12.0 Å². The third-order valence-corrected chi connectivity index (χ3v) is 6.08. The highest BCUT2D eigenvalue weighted by Gasteiger charge is 2.23. The van der Waals surface area contributed by atoms with Gasteiger partial charge in [-0.25, -0.2) is 9.78 Å². The summed E-state index contributed by atoms with van der Waals surface area (Å²) in [5.74, 6) is -0.271. The summed E-state index contributed by atoms with van der Waals surface area (Å²) in [5, 5.41) is 3.64. The minimum Gasteiger partial charge on any atom is -0.409 e. The summed E-state index contributed by atoms with van der Waals surface area (Å²) >= 11 is 7.48. The zero-order valence-corrected chi connectivity index (χ0v) is 18.2. The molecule has 1 aliphatic rings. The molecule has 30 heavy (non-hydrogen) atoms. The number of nitrogens with one attached hydrogen (secondary N) is 1. The van der Waals surface area contributed by atoms with E-state index in [2.05, 4.69) is 15.2 Å². The van der Waals surface area contributed by atoms with Crippen molar-refractivity contribution in [3.63, 3.8) is 0 Å². The van der Waals surface area contributed by atoms with Gasteiger partial charge in [-0.05, 0) is 49.9 Å². The Labute approximate surface area is 183 Å². The Kier molecular flexibility index (Phi) is 5.90. The third-order valence-electron chi connectivity index (χ3n) is 4.91. The minimum atomic E-state index is -0.477. The number of nitrogens with zero attached hydrogens (tertiary/aromatic N) is 3. The molecule has 1 aromatic heterocycles. The van der Waals surface area contributed by atoms with Crippen LogP contribution in [0.1, 0.15) is 15.9 Å². The van der Waals surface area contributed by atoms with Crippen LogP contribution in [0.2, 0.25) is 5.02 Å². The lowest BCUT2D eigenvalue weighted by Gasteiger charge is -2.31. The first-order valence-corrected chi connectivity index (χ1v) is 10.7. The van der Waals surface area contributed by atoms with E-state index >= 15 is 0 Å². The molecule has 4 rings (SSSR count). The number of carbonyl (C=O) groups excluding carboxylic acids is 2. The van der Waals surface area contributed by atoms with E-state index in [1.165, 1.54) is 23.5 Å². The Hall–Kier alpha value is -2.68. The van der Waals surface area contributed by atoms with E-state index in [0.717, 1.165) is 28.9 Å². The summed E-state index contributed by atoms with van der Waals surface area (Å²) in [6.07, 6.45) is -0.477. The molecule has 0 atom stereocenters. The number of benzene rings is 2. The predicted molar refractivity (Wildman–Crippen MR) is 119 cm³/mol. The summed E-state index contributed by atoms with van der Waals surface area (Å²) in [5.41, 5.74) is 2.12. The molecule has 1 N–H and O–H groups in total. The van der Waals surface area contributed by atoms with Gasteiger partial charge in [0.15, 0.2) is 5.13 Å². The number of fused-ring (bicyclic) bond motifs is 1. The SMILES string of the molecule is Cc1ccc2nc(NC(=O)c3cc(Cl)ccc3OC(=O)N3CCN(C)CC3)sc2c1. The Morgan fingerprint density at radius 3 is 2.67 bits per heavy atom. The molecule has 9 heteroatoms. The molecular formula is C21H21ClN4O3S. The molecule has 0 spiro atoms. The van der Waals surface area contributed by atoms with E-state index in [4.69, 9.17) is 16.3 Å². The van der Waals surface area contributed by atoms with Gasteiger partial charge in [0, 0.05) is 31.2 Å². The molecule has 0 unspecified atom stereocenters. The van der Waals surface area contributed by atoms with Crippen LogP contribution in [0.15, 0.2) is 36.4 Å². The third kappa shape index (κ3) is 4.56. The second kappa shape index (κ2) is 8.59. The van der Waals surface area contributed by atoms with Gasteiger partial charge in [0.05, 0.1) is 15.8 Å². The number of hydrogen-bond donors (Lipinski definition) is 1. The van der Waals surface area contributed by atoms with Crippen molar-refractivity contribution in [1.29, 1.82) is 0 Å². The number of piperazine rings is 1. The standard InChI is InChI=1S/C21H21ClN4O3S/c1-13-3-5-16-18(11-13)30-20(23-16)24-19(27)15-12-14(22)4-6-17(15)29-21(28)26-9-7-25(2)8-10-26/h3-6,11-12H,7-10H2,1-2H3,(H,23,24,27). The number of carbonyl (C=O) groups is 2. The molecular weight excluding hydrogens is 424 g/mol. The highest BCUT2D eigenvalue weighted by molar-refractivity contribution is 7.22. The Morgan fingerprint density at radius 1 is 1.13 bits per heavy atom. The molecule has 1 aliphatic heterocycles. The molecule has 1 fully saturated rings. The molecule has 0 radical (unpaired) electrons. The lowest BCUT2D eigenvalue weighted by molar-refractivity contribution is 0.102. The maximum absolute atomic E-state index is 12.9. The van der Waals surface area contributed by atoms with E-state index in [9.17, 15) is 9.59 Å². The number of ether oxygens (including phenoxy) is 1. The van der Waals surface area contributed by atoms with Crippen molar-refractivity contribution in [1.82, 2.24) is 14.8 Å². The molecule has 2 heterocycles. The van der Waals surface area contributed by atoms with Crippen LogP contribution >= 0.6 is 22.9 Å². The van der Waals surface area contributed by atoms with Crippen LogP contribution in [0.3, 0.4) is 0 Å². The van der Waals surface area contributed by atoms with Crippen LogP contribution in [0, 0.1) is 6.92 Å². The van der Waals surface area contributed by atoms with Gasteiger partial charge in [0.25, 0.3) is 5.91 Å². The predicted octanol–water partition coefficient (Wildman–Crippen LogP) is 4.26. The Bertz CT molecular complexity index is 1110. The topological polar surface area (TPSA) is 74.8 Å². The summed E-state index contributed by atoms with van der Waals surface area (Å²) < 4.78 is 6.53.